The average molecular weight is 243 g/mol. The van der Waals surface area contributed by atoms with Crippen molar-refractivity contribution in [3.05, 3.63) is 0 Å². The molecule has 4 heteroatoms. The molecule has 0 saturated heterocycles. The lowest BCUT2D eigenvalue weighted by Gasteiger charge is -2.05. The lowest BCUT2D eigenvalue weighted by Crippen LogP contribution is -1.85. The minimum Gasteiger partial charge on any atom is -0.468 e. The van der Waals surface area contributed by atoms with Gasteiger partial charge >= 0.3 is 0 Å². The van der Waals surface area contributed by atoms with Crippen molar-refractivity contribution in [3.8, 4) is 0 Å². The van der Waals surface area contributed by atoms with Gasteiger partial charge in [0, 0.05) is 0 Å². The van der Waals surface area contributed by atoms with E-state index in [1.807, 2.05) is 0 Å². The molecular weight excluding hydrogens is 223 g/mol. The summed E-state index contributed by atoms with van der Waals surface area (Å²) in [4.78, 5) is 9.18. The van der Waals surface area contributed by atoms with Gasteiger partial charge in [0.25, 0.3) is 6.47 Å². The summed E-state index contributed by atoms with van der Waals surface area (Å²) < 4.78 is 4.15. The standard InChI is InChI=1S/C6H12.C3H6O2.CH2Cl2/c1-2-4-6-5-3-1;1-2-5-3-4;2-1-3/h1-6H2;3H,2H2,1H3;1H2. The first kappa shape index (κ1) is 16.5. The lowest BCUT2D eigenvalue weighted by molar-refractivity contribution is -0.128. The summed E-state index contributed by atoms with van der Waals surface area (Å²) in [5.74, 6) is 0. The number of rotatable bonds is 2. The Morgan fingerprint density at radius 2 is 1.36 bits per heavy atom. The fourth-order valence-corrected chi connectivity index (χ4v) is 1.13. The van der Waals surface area contributed by atoms with Crippen LogP contribution in [0.4, 0.5) is 0 Å². The van der Waals surface area contributed by atoms with Crippen molar-refractivity contribution in [2.45, 2.75) is 45.4 Å². The number of halogens is 2. The molecule has 1 aliphatic rings. The number of carbonyl (C=O) groups excluding carboxylic acids is 1. The van der Waals surface area contributed by atoms with Crippen LogP contribution >= 0.6 is 23.2 Å². The number of ether oxygens (including phenoxy) is 1. The first-order valence-electron chi connectivity index (χ1n) is 5.00. The SMILES string of the molecule is C1CCCCC1.CCOC=O.ClCCl. The van der Waals surface area contributed by atoms with E-state index in [0.717, 1.165) is 0 Å². The van der Waals surface area contributed by atoms with Crippen molar-refractivity contribution in [2.24, 2.45) is 0 Å². The maximum Gasteiger partial charge on any atom is 0.293 e. The number of hydrogen-bond acceptors (Lipinski definition) is 2. The third-order valence-electron chi connectivity index (χ3n) is 1.73. The highest BCUT2D eigenvalue weighted by Gasteiger charge is 1.95. The van der Waals surface area contributed by atoms with Gasteiger partial charge in [-0.25, -0.2) is 0 Å². The number of hydrogen-bond donors (Lipinski definition) is 0. The molecule has 0 atom stereocenters. The van der Waals surface area contributed by atoms with Gasteiger partial charge in [0.15, 0.2) is 0 Å². The molecule has 0 aromatic carbocycles. The second kappa shape index (κ2) is 18.8. The van der Waals surface area contributed by atoms with Crippen LogP contribution in [0.1, 0.15) is 45.4 Å². The van der Waals surface area contributed by atoms with Crippen LogP contribution in [0, 0.1) is 0 Å². The molecule has 0 aromatic rings. The highest BCUT2D eigenvalue weighted by Crippen LogP contribution is 2.15. The fraction of sp³-hybridized carbons (Fsp3) is 0.900. The number of alkyl halides is 2. The first-order valence-corrected chi connectivity index (χ1v) is 6.07. The molecule has 0 amide bonds. The molecule has 0 radical (unpaired) electrons. The van der Waals surface area contributed by atoms with E-state index in [2.05, 4.69) is 4.74 Å². The molecule has 1 saturated carbocycles. The molecule has 14 heavy (non-hydrogen) atoms. The molecule has 0 bridgehead atoms. The van der Waals surface area contributed by atoms with E-state index in [9.17, 15) is 4.79 Å². The Kier molecular flexibility index (Phi) is 22.1. The summed E-state index contributed by atoms with van der Waals surface area (Å²) in [7, 11) is 0. The largest absolute Gasteiger partial charge is 0.468 e. The minimum absolute atomic E-state index is 0.194. The molecule has 0 heterocycles. The third kappa shape index (κ3) is 22.7. The quantitative estimate of drug-likeness (QED) is 0.542. The molecule has 86 valence electrons. The van der Waals surface area contributed by atoms with Gasteiger partial charge in [0.1, 0.15) is 0 Å². The van der Waals surface area contributed by atoms with Crippen molar-refractivity contribution < 1.29 is 9.53 Å². The van der Waals surface area contributed by atoms with Gasteiger partial charge in [-0.05, 0) is 6.92 Å². The molecule has 0 N–H and O–H groups in total. The predicted octanol–water partition coefficient (Wildman–Crippen LogP) is 3.94. The van der Waals surface area contributed by atoms with Crippen molar-refractivity contribution in [3.63, 3.8) is 0 Å². The molecule has 1 rings (SSSR count). The van der Waals surface area contributed by atoms with Gasteiger partial charge in [-0.2, -0.15) is 0 Å². The Balaban J connectivity index is 0. The van der Waals surface area contributed by atoms with Crippen LogP contribution in [0.5, 0.6) is 0 Å². The van der Waals surface area contributed by atoms with Gasteiger partial charge in [0.2, 0.25) is 0 Å². The van der Waals surface area contributed by atoms with Crippen LogP contribution in [-0.4, -0.2) is 18.4 Å². The van der Waals surface area contributed by atoms with Crippen LogP contribution in [0.25, 0.3) is 0 Å². The van der Waals surface area contributed by atoms with Gasteiger partial charge in [-0.3, -0.25) is 4.79 Å². The maximum atomic E-state index is 9.18. The molecule has 0 spiro atoms. The van der Waals surface area contributed by atoms with Crippen molar-refractivity contribution in [2.75, 3.05) is 11.9 Å². The normalized spacial score (nSPS) is 13.9. The Morgan fingerprint density at radius 1 is 1.07 bits per heavy atom. The molecule has 2 nitrogen and oxygen atoms in total. The van der Waals surface area contributed by atoms with Crippen molar-refractivity contribution in [1.82, 2.24) is 0 Å². The highest BCUT2D eigenvalue weighted by molar-refractivity contribution is 6.40. The van der Waals surface area contributed by atoms with E-state index < -0.39 is 0 Å². The molecular formula is C10H20Cl2O2. The molecule has 0 unspecified atom stereocenters. The Morgan fingerprint density at radius 3 is 1.43 bits per heavy atom. The van der Waals surface area contributed by atoms with Crippen molar-refractivity contribution in [1.29, 1.82) is 0 Å². The summed E-state index contributed by atoms with van der Waals surface area (Å²) >= 11 is 9.53. The topological polar surface area (TPSA) is 26.3 Å². The molecule has 0 aliphatic heterocycles. The lowest BCUT2D eigenvalue weighted by atomic mass is 10.0. The summed E-state index contributed by atoms with van der Waals surface area (Å²) in [6.07, 6.45) is 9.00. The monoisotopic (exact) mass is 242 g/mol. The van der Waals surface area contributed by atoms with Crippen LogP contribution in [0.2, 0.25) is 0 Å². The minimum atomic E-state index is 0.194. The van der Waals surface area contributed by atoms with E-state index >= 15 is 0 Å². The molecule has 1 fully saturated rings. The second-order valence-electron chi connectivity index (χ2n) is 2.77. The first-order chi connectivity index (χ1) is 6.83. The Hall–Kier alpha value is 0.0500. The van der Waals surface area contributed by atoms with Crippen LogP contribution in [-0.2, 0) is 9.53 Å². The number of carbonyl (C=O) groups is 1. The summed E-state index contributed by atoms with van der Waals surface area (Å²) in [5.41, 5.74) is 0. The summed E-state index contributed by atoms with van der Waals surface area (Å²) in [5, 5.41) is 0.194. The smallest absolute Gasteiger partial charge is 0.293 e. The van der Waals surface area contributed by atoms with Crippen LogP contribution < -0.4 is 0 Å². The van der Waals surface area contributed by atoms with Gasteiger partial charge in [-0.1, -0.05) is 38.5 Å². The van der Waals surface area contributed by atoms with Crippen LogP contribution in [0.15, 0.2) is 0 Å². The van der Waals surface area contributed by atoms with Gasteiger partial charge in [-0.15, -0.1) is 23.2 Å². The summed E-state index contributed by atoms with van der Waals surface area (Å²) in [6, 6.07) is 0. The van der Waals surface area contributed by atoms with Gasteiger partial charge < -0.3 is 4.74 Å². The highest BCUT2D eigenvalue weighted by atomic mass is 35.5. The average Bonchev–Trinajstić information content (AvgIpc) is 2.24. The Bertz CT molecular complexity index is 84.6. The molecule has 0 aromatic heterocycles. The zero-order valence-electron chi connectivity index (χ0n) is 8.81. The predicted molar refractivity (Wildman–Crippen MR) is 62.0 cm³/mol. The van der Waals surface area contributed by atoms with Crippen LogP contribution in [0.3, 0.4) is 0 Å². The van der Waals surface area contributed by atoms with E-state index in [0.29, 0.717) is 13.1 Å². The second-order valence-corrected chi connectivity index (χ2v) is 3.58. The van der Waals surface area contributed by atoms with Crippen molar-refractivity contribution >= 4 is 29.7 Å². The van der Waals surface area contributed by atoms with Gasteiger partial charge in [0.05, 0.1) is 11.9 Å². The zero-order chi connectivity index (χ0) is 11.1. The van der Waals surface area contributed by atoms with E-state index in [-0.39, 0.29) is 5.34 Å². The fourth-order valence-electron chi connectivity index (χ4n) is 1.13. The van der Waals surface area contributed by atoms with E-state index in [4.69, 9.17) is 23.2 Å². The van der Waals surface area contributed by atoms with E-state index in [1.54, 1.807) is 6.92 Å². The third-order valence-corrected chi connectivity index (χ3v) is 1.73. The Labute approximate surface area is 96.9 Å². The summed E-state index contributed by atoms with van der Waals surface area (Å²) in [6.45, 7) is 2.66. The van der Waals surface area contributed by atoms with E-state index in [1.165, 1.54) is 38.5 Å². The maximum absolute atomic E-state index is 9.18. The zero-order valence-corrected chi connectivity index (χ0v) is 10.3. The molecule has 1 aliphatic carbocycles.